The molecule has 8 heteroatoms. The molecule has 3 amide bonds. The lowest BCUT2D eigenvalue weighted by atomic mass is 10.3. The quantitative estimate of drug-likeness (QED) is 0.730. The first-order valence-corrected chi connectivity index (χ1v) is 7.80. The van der Waals surface area contributed by atoms with Crippen LogP contribution in [0.4, 0.5) is 5.69 Å². The van der Waals surface area contributed by atoms with Gasteiger partial charge in [0.15, 0.2) is 0 Å². The molecule has 2 aromatic rings. The average molecular weight is 342 g/mol. The van der Waals surface area contributed by atoms with Crippen LogP contribution in [0.3, 0.4) is 0 Å². The number of benzene rings is 1. The van der Waals surface area contributed by atoms with E-state index in [-0.39, 0.29) is 19.0 Å². The van der Waals surface area contributed by atoms with Crippen LogP contribution >= 0.6 is 11.3 Å². The summed E-state index contributed by atoms with van der Waals surface area (Å²) < 4.78 is 0. The van der Waals surface area contributed by atoms with Gasteiger partial charge in [-0.05, 0) is 24.3 Å². The molecule has 0 saturated heterocycles. The van der Waals surface area contributed by atoms with E-state index in [0.717, 1.165) is 11.3 Å². The molecule has 3 N–H and O–H groups in total. The lowest BCUT2D eigenvalue weighted by Crippen LogP contribution is -2.40. The SMILES string of the molecule is N#Cc1ccc(C(=O)NCC(=O)NCC(=O)Nc2ccccc2)s1. The maximum Gasteiger partial charge on any atom is 0.261 e. The normalized spacial score (nSPS) is 9.62. The number of thiophene rings is 1. The predicted molar refractivity (Wildman–Crippen MR) is 89.4 cm³/mol. The third-order valence-electron chi connectivity index (χ3n) is 2.85. The van der Waals surface area contributed by atoms with Gasteiger partial charge in [-0.2, -0.15) is 5.26 Å². The summed E-state index contributed by atoms with van der Waals surface area (Å²) in [6.45, 7) is -0.446. The highest BCUT2D eigenvalue weighted by molar-refractivity contribution is 7.14. The van der Waals surface area contributed by atoms with E-state index < -0.39 is 11.8 Å². The van der Waals surface area contributed by atoms with Crippen molar-refractivity contribution in [2.45, 2.75) is 0 Å². The summed E-state index contributed by atoms with van der Waals surface area (Å²) in [5.74, 6) is -1.29. The zero-order valence-corrected chi connectivity index (χ0v) is 13.4. The Morgan fingerprint density at radius 2 is 1.67 bits per heavy atom. The number of nitriles is 1. The van der Waals surface area contributed by atoms with Crippen LogP contribution in [0.2, 0.25) is 0 Å². The number of rotatable bonds is 6. The van der Waals surface area contributed by atoms with Gasteiger partial charge in [-0.1, -0.05) is 18.2 Å². The predicted octanol–water partition coefficient (Wildman–Crippen LogP) is 1.10. The number of nitrogens with one attached hydrogen (secondary N) is 3. The Labute approximate surface area is 142 Å². The van der Waals surface area contributed by atoms with Crippen molar-refractivity contribution >= 4 is 34.7 Å². The summed E-state index contributed by atoms with van der Waals surface area (Å²) in [5.41, 5.74) is 0.635. The molecule has 1 aromatic carbocycles. The number of hydrogen-bond acceptors (Lipinski definition) is 5. The van der Waals surface area contributed by atoms with Gasteiger partial charge in [0.05, 0.1) is 18.0 Å². The van der Waals surface area contributed by atoms with Crippen LogP contribution < -0.4 is 16.0 Å². The zero-order valence-electron chi connectivity index (χ0n) is 12.5. The van der Waals surface area contributed by atoms with E-state index in [2.05, 4.69) is 16.0 Å². The molecule has 0 aliphatic rings. The molecule has 0 unspecified atom stereocenters. The summed E-state index contributed by atoms with van der Waals surface area (Å²) in [5, 5.41) is 16.2. The van der Waals surface area contributed by atoms with Gasteiger partial charge in [0.25, 0.3) is 5.91 Å². The Hall–Kier alpha value is -3.18. The van der Waals surface area contributed by atoms with Gasteiger partial charge in [0.2, 0.25) is 11.8 Å². The monoisotopic (exact) mass is 342 g/mol. The average Bonchev–Trinajstić information content (AvgIpc) is 3.08. The topological polar surface area (TPSA) is 111 Å². The standard InChI is InChI=1S/C16H14N4O3S/c17-8-12-6-7-13(24-12)16(23)19-9-14(21)18-10-15(22)20-11-4-2-1-3-5-11/h1-7H,9-10H2,(H,18,21)(H,19,23)(H,20,22). The molecule has 2 rings (SSSR count). The van der Waals surface area contributed by atoms with E-state index in [4.69, 9.17) is 5.26 Å². The highest BCUT2D eigenvalue weighted by Gasteiger charge is 2.11. The maximum atomic E-state index is 11.8. The molecule has 0 aliphatic heterocycles. The first-order valence-electron chi connectivity index (χ1n) is 6.98. The number of amides is 3. The van der Waals surface area contributed by atoms with Gasteiger partial charge in [0, 0.05) is 5.69 Å². The molecule has 24 heavy (non-hydrogen) atoms. The van der Waals surface area contributed by atoms with Gasteiger partial charge in [-0.15, -0.1) is 11.3 Å². The lowest BCUT2D eigenvalue weighted by Gasteiger charge is -2.07. The minimum absolute atomic E-state index is 0.193. The molecule has 0 saturated carbocycles. The summed E-state index contributed by atoms with van der Waals surface area (Å²) in [6, 6.07) is 13.8. The fourth-order valence-corrected chi connectivity index (χ4v) is 2.46. The van der Waals surface area contributed by atoms with Gasteiger partial charge in [-0.3, -0.25) is 14.4 Å². The van der Waals surface area contributed by atoms with Crippen LogP contribution in [0.5, 0.6) is 0 Å². The second-order valence-corrected chi connectivity index (χ2v) is 5.73. The molecule has 122 valence electrons. The van der Waals surface area contributed by atoms with Gasteiger partial charge < -0.3 is 16.0 Å². The molecule has 1 heterocycles. The third-order valence-corrected chi connectivity index (χ3v) is 3.84. The minimum atomic E-state index is -0.483. The van der Waals surface area contributed by atoms with Crippen molar-refractivity contribution in [2.24, 2.45) is 0 Å². The Bertz CT molecular complexity index is 780. The molecule has 0 radical (unpaired) electrons. The molecule has 0 aliphatic carbocycles. The number of hydrogen-bond donors (Lipinski definition) is 3. The number of carbonyl (C=O) groups excluding carboxylic acids is 3. The Morgan fingerprint density at radius 3 is 2.33 bits per heavy atom. The molecular formula is C16H14N4O3S. The number of para-hydroxylation sites is 1. The minimum Gasteiger partial charge on any atom is -0.345 e. The van der Waals surface area contributed by atoms with E-state index in [9.17, 15) is 14.4 Å². The van der Waals surface area contributed by atoms with E-state index in [1.54, 1.807) is 24.3 Å². The first-order chi connectivity index (χ1) is 11.6. The smallest absolute Gasteiger partial charge is 0.261 e. The van der Waals surface area contributed by atoms with Crippen LogP contribution in [-0.4, -0.2) is 30.8 Å². The second kappa shape index (κ2) is 8.45. The second-order valence-electron chi connectivity index (χ2n) is 4.65. The molecule has 7 nitrogen and oxygen atoms in total. The van der Waals surface area contributed by atoms with Gasteiger partial charge >= 0.3 is 0 Å². The molecule has 0 spiro atoms. The molecule has 0 fully saturated rings. The molecule has 1 aromatic heterocycles. The van der Waals surface area contributed by atoms with Crippen molar-refractivity contribution in [1.29, 1.82) is 5.26 Å². The van der Waals surface area contributed by atoms with Crippen LogP contribution in [-0.2, 0) is 9.59 Å². The van der Waals surface area contributed by atoms with Gasteiger partial charge in [-0.25, -0.2) is 0 Å². The lowest BCUT2D eigenvalue weighted by molar-refractivity contribution is -0.123. The molecule has 0 atom stereocenters. The third kappa shape index (κ3) is 5.23. The van der Waals surface area contributed by atoms with Crippen LogP contribution in [0.1, 0.15) is 14.5 Å². The Kier molecular flexibility index (Phi) is 6.05. The van der Waals surface area contributed by atoms with E-state index in [1.165, 1.54) is 12.1 Å². The number of nitrogens with zero attached hydrogens (tertiary/aromatic N) is 1. The van der Waals surface area contributed by atoms with Crippen molar-refractivity contribution in [1.82, 2.24) is 10.6 Å². The fraction of sp³-hybridized carbons (Fsp3) is 0.125. The fourth-order valence-electron chi connectivity index (χ4n) is 1.74. The van der Waals surface area contributed by atoms with Crippen LogP contribution in [0.25, 0.3) is 0 Å². The van der Waals surface area contributed by atoms with Gasteiger partial charge in [0.1, 0.15) is 10.9 Å². The van der Waals surface area contributed by atoms with Crippen LogP contribution in [0, 0.1) is 11.3 Å². The summed E-state index contributed by atoms with van der Waals surface area (Å²) in [4.78, 5) is 35.9. The number of anilines is 1. The van der Waals surface area contributed by atoms with Crippen molar-refractivity contribution in [3.05, 3.63) is 52.2 Å². The largest absolute Gasteiger partial charge is 0.345 e. The Morgan fingerprint density at radius 1 is 0.958 bits per heavy atom. The summed E-state index contributed by atoms with van der Waals surface area (Å²) in [6.07, 6.45) is 0. The van der Waals surface area contributed by atoms with Crippen LogP contribution in [0.15, 0.2) is 42.5 Å². The van der Waals surface area contributed by atoms with E-state index >= 15 is 0 Å². The molecule has 0 bridgehead atoms. The van der Waals surface area contributed by atoms with Crippen molar-refractivity contribution < 1.29 is 14.4 Å². The van der Waals surface area contributed by atoms with Crippen molar-refractivity contribution in [2.75, 3.05) is 18.4 Å². The summed E-state index contributed by atoms with van der Waals surface area (Å²) in [7, 11) is 0. The number of carbonyl (C=O) groups is 3. The van der Waals surface area contributed by atoms with Crippen molar-refractivity contribution in [3.8, 4) is 6.07 Å². The first kappa shape index (κ1) is 17.2. The highest BCUT2D eigenvalue weighted by atomic mass is 32.1. The molecular weight excluding hydrogens is 328 g/mol. The van der Waals surface area contributed by atoms with E-state index in [0.29, 0.717) is 15.4 Å². The van der Waals surface area contributed by atoms with Crippen molar-refractivity contribution in [3.63, 3.8) is 0 Å². The Balaban J connectivity index is 1.70. The zero-order chi connectivity index (χ0) is 17.4. The summed E-state index contributed by atoms with van der Waals surface area (Å²) >= 11 is 1.04. The maximum absolute atomic E-state index is 11.8. The highest BCUT2D eigenvalue weighted by Crippen LogP contribution is 2.14. The van der Waals surface area contributed by atoms with E-state index in [1.807, 2.05) is 12.1 Å².